The van der Waals surface area contributed by atoms with Crippen molar-refractivity contribution in [2.75, 3.05) is 25.0 Å². The number of urea groups is 1. The highest BCUT2D eigenvalue weighted by Crippen LogP contribution is 2.16. The first-order chi connectivity index (χ1) is 8.95. The lowest BCUT2D eigenvalue weighted by molar-refractivity contribution is -0.135. The summed E-state index contributed by atoms with van der Waals surface area (Å²) in [5.74, 6) is -1.03. The SMILES string of the molecule is CCCN(C)C(=O)N(CC(=O)O)c1ccc(C)cc1. The summed E-state index contributed by atoms with van der Waals surface area (Å²) in [6.45, 7) is 4.17. The number of nitrogens with zero attached hydrogens (tertiary/aromatic N) is 2. The molecule has 0 saturated carbocycles. The zero-order valence-corrected chi connectivity index (χ0v) is 11.6. The van der Waals surface area contributed by atoms with E-state index in [-0.39, 0.29) is 12.6 Å². The Hall–Kier alpha value is -2.04. The van der Waals surface area contributed by atoms with Crippen LogP contribution in [0.5, 0.6) is 0 Å². The maximum absolute atomic E-state index is 12.2. The van der Waals surface area contributed by atoms with E-state index in [4.69, 9.17) is 5.11 Å². The Labute approximate surface area is 113 Å². The lowest BCUT2D eigenvalue weighted by atomic mass is 10.2. The van der Waals surface area contributed by atoms with Gasteiger partial charge in [0.25, 0.3) is 0 Å². The molecule has 5 nitrogen and oxygen atoms in total. The summed E-state index contributed by atoms with van der Waals surface area (Å²) in [5.41, 5.74) is 1.66. The average molecular weight is 264 g/mol. The standard InChI is InChI=1S/C14H20N2O3/c1-4-9-15(3)14(19)16(10-13(17)18)12-7-5-11(2)6-8-12/h5-8H,4,9-10H2,1-3H3,(H,17,18). The van der Waals surface area contributed by atoms with Crippen LogP contribution in [0.15, 0.2) is 24.3 Å². The maximum Gasteiger partial charge on any atom is 0.324 e. The van der Waals surface area contributed by atoms with E-state index in [0.717, 1.165) is 12.0 Å². The van der Waals surface area contributed by atoms with Crippen LogP contribution in [0.25, 0.3) is 0 Å². The summed E-state index contributed by atoms with van der Waals surface area (Å²) in [4.78, 5) is 26.0. The first-order valence-corrected chi connectivity index (χ1v) is 6.26. The van der Waals surface area contributed by atoms with E-state index < -0.39 is 5.97 Å². The third-order valence-corrected chi connectivity index (χ3v) is 2.76. The second-order valence-corrected chi connectivity index (χ2v) is 4.52. The Morgan fingerprint density at radius 3 is 2.26 bits per heavy atom. The lowest BCUT2D eigenvalue weighted by Crippen LogP contribution is -2.44. The molecular formula is C14H20N2O3. The quantitative estimate of drug-likeness (QED) is 0.888. The van der Waals surface area contributed by atoms with Crippen LogP contribution in [0.2, 0.25) is 0 Å². The van der Waals surface area contributed by atoms with Crippen molar-refractivity contribution >= 4 is 17.7 Å². The van der Waals surface area contributed by atoms with Gasteiger partial charge in [0.2, 0.25) is 0 Å². The molecule has 0 saturated heterocycles. The molecule has 0 spiro atoms. The van der Waals surface area contributed by atoms with E-state index in [2.05, 4.69) is 0 Å². The van der Waals surface area contributed by atoms with Gasteiger partial charge in [0, 0.05) is 19.3 Å². The van der Waals surface area contributed by atoms with Gasteiger partial charge >= 0.3 is 12.0 Å². The normalized spacial score (nSPS) is 10.1. The fraction of sp³-hybridized carbons (Fsp3) is 0.429. The van der Waals surface area contributed by atoms with Crippen LogP contribution in [0.4, 0.5) is 10.5 Å². The maximum atomic E-state index is 12.2. The Balaban J connectivity index is 2.97. The molecule has 0 unspecified atom stereocenters. The molecular weight excluding hydrogens is 244 g/mol. The van der Waals surface area contributed by atoms with Crippen LogP contribution in [0.3, 0.4) is 0 Å². The zero-order valence-electron chi connectivity index (χ0n) is 11.6. The molecule has 5 heteroatoms. The van der Waals surface area contributed by atoms with Crippen LogP contribution in [0.1, 0.15) is 18.9 Å². The van der Waals surface area contributed by atoms with Crippen LogP contribution >= 0.6 is 0 Å². The van der Waals surface area contributed by atoms with Crippen LogP contribution in [-0.4, -0.2) is 42.1 Å². The topological polar surface area (TPSA) is 60.9 Å². The zero-order chi connectivity index (χ0) is 14.4. The van der Waals surface area contributed by atoms with E-state index in [1.54, 1.807) is 19.2 Å². The Kier molecular flexibility index (Phi) is 5.36. The number of hydrogen-bond acceptors (Lipinski definition) is 2. The number of rotatable bonds is 5. The van der Waals surface area contributed by atoms with Gasteiger partial charge in [-0.1, -0.05) is 24.6 Å². The van der Waals surface area contributed by atoms with Crippen molar-refractivity contribution in [3.8, 4) is 0 Å². The van der Waals surface area contributed by atoms with Gasteiger partial charge in [-0.05, 0) is 25.5 Å². The van der Waals surface area contributed by atoms with Gasteiger partial charge in [-0.3, -0.25) is 9.69 Å². The number of aryl methyl sites for hydroxylation is 1. The second kappa shape index (κ2) is 6.78. The molecule has 1 N–H and O–H groups in total. The van der Waals surface area contributed by atoms with E-state index in [1.807, 2.05) is 26.0 Å². The highest BCUT2D eigenvalue weighted by Gasteiger charge is 2.21. The number of carbonyl (C=O) groups excluding carboxylic acids is 1. The Morgan fingerprint density at radius 1 is 1.21 bits per heavy atom. The van der Waals surface area contributed by atoms with Crippen LogP contribution in [0, 0.1) is 6.92 Å². The van der Waals surface area contributed by atoms with Crippen molar-refractivity contribution < 1.29 is 14.7 Å². The minimum absolute atomic E-state index is 0.298. The molecule has 0 aliphatic heterocycles. The summed E-state index contributed by atoms with van der Waals surface area (Å²) < 4.78 is 0. The number of benzene rings is 1. The fourth-order valence-electron chi connectivity index (χ4n) is 1.77. The van der Waals surface area contributed by atoms with Gasteiger partial charge in [-0.25, -0.2) is 4.79 Å². The van der Waals surface area contributed by atoms with E-state index >= 15 is 0 Å². The lowest BCUT2D eigenvalue weighted by Gasteiger charge is -2.27. The van der Waals surface area contributed by atoms with E-state index in [1.165, 1.54) is 9.80 Å². The molecule has 0 radical (unpaired) electrons. The third kappa shape index (κ3) is 4.28. The van der Waals surface area contributed by atoms with Crippen LogP contribution in [-0.2, 0) is 4.79 Å². The molecule has 0 fully saturated rings. The minimum atomic E-state index is -1.03. The van der Waals surface area contributed by atoms with E-state index in [0.29, 0.717) is 12.2 Å². The number of carbonyl (C=O) groups is 2. The molecule has 1 rings (SSSR count). The Morgan fingerprint density at radius 2 is 1.79 bits per heavy atom. The largest absolute Gasteiger partial charge is 0.480 e. The average Bonchev–Trinajstić information content (AvgIpc) is 2.36. The fourth-order valence-corrected chi connectivity index (χ4v) is 1.77. The smallest absolute Gasteiger partial charge is 0.324 e. The van der Waals surface area contributed by atoms with Crippen molar-refractivity contribution in [1.82, 2.24) is 4.90 Å². The molecule has 19 heavy (non-hydrogen) atoms. The van der Waals surface area contributed by atoms with Gasteiger partial charge in [0.1, 0.15) is 6.54 Å². The first-order valence-electron chi connectivity index (χ1n) is 6.26. The van der Waals surface area contributed by atoms with Gasteiger partial charge in [0.05, 0.1) is 0 Å². The van der Waals surface area contributed by atoms with Crippen molar-refractivity contribution in [3.63, 3.8) is 0 Å². The highest BCUT2D eigenvalue weighted by atomic mass is 16.4. The molecule has 0 atom stereocenters. The molecule has 2 amide bonds. The summed E-state index contributed by atoms with van der Waals surface area (Å²) in [6.07, 6.45) is 0.830. The summed E-state index contributed by atoms with van der Waals surface area (Å²) in [5, 5.41) is 8.95. The summed E-state index contributed by atoms with van der Waals surface area (Å²) >= 11 is 0. The summed E-state index contributed by atoms with van der Waals surface area (Å²) in [7, 11) is 1.68. The first kappa shape index (κ1) is 15.0. The number of anilines is 1. The van der Waals surface area contributed by atoms with Crippen molar-refractivity contribution in [3.05, 3.63) is 29.8 Å². The third-order valence-electron chi connectivity index (χ3n) is 2.76. The van der Waals surface area contributed by atoms with Gasteiger partial charge < -0.3 is 10.0 Å². The molecule has 0 aromatic heterocycles. The van der Waals surface area contributed by atoms with E-state index in [9.17, 15) is 9.59 Å². The van der Waals surface area contributed by atoms with Crippen molar-refractivity contribution in [2.45, 2.75) is 20.3 Å². The van der Waals surface area contributed by atoms with Gasteiger partial charge in [0.15, 0.2) is 0 Å². The summed E-state index contributed by atoms with van der Waals surface area (Å²) in [6, 6.07) is 6.94. The molecule has 1 aromatic rings. The molecule has 0 bridgehead atoms. The highest BCUT2D eigenvalue weighted by molar-refractivity contribution is 5.96. The monoisotopic (exact) mass is 264 g/mol. The minimum Gasteiger partial charge on any atom is -0.480 e. The predicted molar refractivity (Wildman–Crippen MR) is 74.5 cm³/mol. The van der Waals surface area contributed by atoms with Crippen LogP contribution < -0.4 is 4.90 Å². The molecule has 104 valence electrons. The molecule has 0 aliphatic rings. The van der Waals surface area contributed by atoms with Crippen molar-refractivity contribution in [2.24, 2.45) is 0 Å². The van der Waals surface area contributed by atoms with Gasteiger partial charge in [-0.2, -0.15) is 0 Å². The molecule has 1 aromatic carbocycles. The molecule has 0 aliphatic carbocycles. The predicted octanol–water partition coefficient (Wildman–Crippen LogP) is 2.35. The number of amides is 2. The molecule has 0 heterocycles. The van der Waals surface area contributed by atoms with Crippen molar-refractivity contribution in [1.29, 1.82) is 0 Å². The van der Waals surface area contributed by atoms with Gasteiger partial charge in [-0.15, -0.1) is 0 Å². The number of carboxylic acid groups (broad SMARTS) is 1. The number of hydrogen-bond donors (Lipinski definition) is 1. The second-order valence-electron chi connectivity index (χ2n) is 4.52. The number of carboxylic acids is 1. The Bertz CT molecular complexity index is 443. The number of aliphatic carboxylic acids is 1.